The van der Waals surface area contributed by atoms with Crippen molar-refractivity contribution in [2.45, 2.75) is 17.4 Å². The SMILES string of the molecule is CCOc1ccccc1C1(OC(=O)N2CCN(c3ccncc3)CC2)C(=O)N(S(=O)(=O)c2ccc(F)cc2)c2ccc(C#N)cc21. The largest absolute Gasteiger partial charge is 0.493 e. The highest BCUT2D eigenvalue weighted by molar-refractivity contribution is 7.93. The second-order valence-corrected chi connectivity index (χ2v) is 12.3. The zero-order valence-corrected chi connectivity index (χ0v) is 25.5. The van der Waals surface area contributed by atoms with Crippen LogP contribution in [-0.4, -0.2) is 63.1 Å². The molecule has 11 nitrogen and oxygen atoms in total. The van der Waals surface area contributed by atoms with Crippen LogP contribution in [0, 0.1) is 17.1 Å². The Bertz CT molecular complexity index is 1940. The maximum Gasteiger partial charge on any atom is 0.411 e. The molecule has 0 spiro atoms. The molecule has 0 N–H and O–H groups in total. The topological polar surface area (TPSA) is 133 Å². The molecule has 1 fully saturated rings. The second kappa shape index (κ2) is 12.1. The monoisotopic (exact) mass is 641 g/mol. The summed E-state index contributed by atoms with van der Waals surface area (Å²) in [4.78, 5) is 36.0. The molecule has 13 heteroatoms. The molecule has 0 aliphatic carbocycles. The van der Waals surface area contributed by atoms with Crippen LogP contribution in [0.3, 0.4) is 0 Å². The Hall–Kier alpha value is -5.48. The number of carbonyl (C=O) groups excluding carboxylic acids is 2. The lowest BCUT2D eigenvalue weighted by atomic mass is 9.85. The van der Waals surface area contributed by atoms with Crippen LogP contribution in [0.4, 0.5) is 20.6 Å². The first-order valence-electron chi connectivity index (χ1n) is 14.5. The highest BCUT2D eigenvalue weighted by Gasteiger charge is 2.61. The number of nitrogens with zero attached hydrogens (tertiary/aromatic N) is 5. The third-order valence-corrected chi connectivity index (χ3v) is 9.64. The number of benzene rings is 3. The van der Waals surface area contributed by atoms with Gasteiger partial charge in [-0.15, -0.1) is 0 Å². The first-order chi connectivity index (χ1) is 22.2. The standard InChI is InChI=1S/C33H28FN5O6S/c1-2-44-30-6-4-3-5-27(30)33(45-32(41)38-19-17-37(18-20-38)25-13-15-36-16-14-25)28-21-23(22-35)7-12-29(28)39(31(33)40)46(42,43)26-10-8-24(34)9-11-26/h3-16,21H,2,17-20H2,1H3. The number of hydrogen-bond donors (Lipinski definition) is 0. The number of hydrogen-bond acceptors (Lipinski definition) is 9. The quantitative estimate of drug-likeness (QED) is 0.287. The minimum absolute atomic E-state index is 0.0295. The normalized spacial score (nSPS) is 17.8. The summed E-state index contributed by atoms with van der Waals surface area (Å²) in [6.07, 6.45) is 2.50. The number of fused-ring (bicyclic) bond motifs is 1. The number of aromatic nitrogens is 1. The molecule has 2 aliphatic heterocycles. The first-order valence-corrected chi connectivity index (χ1v) is 15.9. The fourth-order valence-electron chi connectivity index (χ4n) is 5.73. The zero-order valence-electron chi connectivity index (χ0n) is 24.7. The van der Waals surface area contributed by atoms with Crippen LogP contribution in [0.15, 0.2) is 96.2 Å². The highest BCUT2D eigenvalue weighted by Crippen LogP contribution is 2.52. The molecule has 46 heavy (non-hydrogen) atoms. The minimum Gasteiger partial charge on any atom is -0.493 e. The van der Waals surface area contributed by atoms with Gasteiger partial charge in [-0.2, -0.15) is 9.57 Å². The minimum atomic E-state index is -4.66. The Labute approximate surface area is 265 Å². The molecule has 4 aromatic rings. The van der Waals surface area contributed by atoms with E-state index in [4.69, 9.17) is 9.47 Å². The van der Waals surface area contributed by atoms with Crippen LogP contribution in [0.2, 0.25) is 0 Å². The number of pyridine rings is 1. The molecular weight excluding hydrogens is 613 g/mol. The van der Waals surface area contributed by atoms with Crippen LogP contribution in [-0.2, 0) is 25.2 Å². The van der Waals surface area contributed by atoms with E-state index >= 15 is 0 Å². The van der Waals surface area contributed by atoms with Gasteiger partial charge < -0.3 is 19.3 Å². The van der Waals surface area contributed by atoms with E-state index in [1.54, 1.807) is 37.5 Å². The molecule has 1 aromatic heterocycles. The molecule has 3 aromatic carbocycles. The van der Waals surface area contributed by atoms with Gasteiger partial charge in [-0.05, 0) is 67.6 Å². The summed E-state index contributed by atoms with van der Waals surface area (Å²) in [7, 11) is -4.66. The second-order valence-electron chi connectivity index (χ2n) is 10.5. The van der Waals surface area contributed by atoms with Crippen LogP contribution < -0.4 is 13.9 Å². The molecular formula is C33H28FN5O6S. The van der Waals surface area contributed by atoms with Crippen LogP contribution in [0.1, 0.15) is 23.6 Å². The van der Waals surface area contributed by atoms with Crippen molar-refractivity contribution in [1.29, 1.82) is 5.26 Å². The van der Waals surface area contributed by atoms with Gasteiger partial charge in [0.1, 0.15) is 11.6 Å². The summed E-state index contributed by atoms with van der Waals surface area (Å²) < 4.78 is 54.6. The molecule has 2 aliphatic rings. The van der Waals surface area contributed by atoms with Gasteiger partial charge in [0.05, 0.1) is 34.4 Å². The van der Waals surface area contributed by atoms with Crippen LogP contribution in [0.25, 0.3) is 0 Å². The fourth-order valence-corrected chi connectivity index (χ4v) is 7.19. The number of rotatable bonds is 7. The number of halogens is 1. The molecule has 6 rings (SSSR count). The van der Waals surface area contributed by atoms with Gasteiger partial charge in [-0.1, -0.05) is 18.2 Å². The van der Waals surface area contributed by atoms with E-state index < -0.39 is 33.4 Å². The van der Waals surface area contributed by atoms with Crippen molar-refractivity contribution in [3.8, 4) is 11.8 Å². The Morgan fingerprint density at radius 3 is 2.35 bits per heavy atom. The number of ether oxygens (including phenoxy) is 2. The number of amides is 2. The number of para-hydroxylation sites is 1. The Morgan fingerprint density at radius 2 is 1.67 bits per heavy atom. The lowest BCUT2D eigenvalue weighted by molar-refractivity contribution is -0.132. The van der Waals surface area contributed by atoms with E-state index in [1.807, 2.05) is 18.2 Å². The lowest BCUT2D eigenvalue weighted by Crippen LogP contribution is -2.53. The molecule has 234 valence electrons. The van der Waals surface area contributed by atoms with E-state index in [9.17, 15) is 27.7 Å². The van der Waals surface area contributed by atoms with Crippen LogP contribution in [0.5, 0.6) is 5.75 Å². The molecule has 0 radical (unpaired) electrons. The van der Waals surface area contributed by atoms with E-state index in [1.165, 1.54) is 29.2 Å². The van der Waals surface area contributed by atoms with Crippen molar-refractivity contribution >= 4 is 33.4 Å². The molecule has 1 atom stereocenters. The van der Waals surface area contributed by atoms with Crippen molar-refractivity contribution < 1.29 is 31.9 Å². The number of nitriles is 1. The number of piperazine rings is 1. The number of carbonyl (C=O) groups is 2. The van der Waals surface area contributed by atoms with Crippen LogP contribution >= 0.6 is 0 Å². The van der Waals surface area contributed by atoms with E-state index in [-0.39, 0.29) is 52.7 Å². The zero-order chi connectivity index (χ0) is 32.5. The summed E-state index contributed by atoms with van der Waals surface area (Å²) in [5.41, 5.74) is -1.38. The summed E-state index contributed by atoms with van der Waals surface area (Å²) in [5.74, 6) is -1.59. The van der Waals surface area contributed by atoms with Gasteiger partial charge in [0.2, 0.25) is 5.60 Å². The molecule has 2 amide bonds. The van der Waals surface area contributed by atoms with Gasteiger partial charge in [0, 0.05) is 49.8 Å². The van der Waals surface area contributed by atoms with Crippen molar-refractivity contribution in [2.24, 2.45) is 0 Å². The maximum absolute atomic E-state index is 14.8. The third-order valence-electron chi connectivity index (χ3n) is 7.93. The van der Waals surface area contributed by atoms with Crippen molar-refractivity contribution in [3.05, 3.63) is 114 Å². The summed E-state index contributed by atoms with van der Waals surface area (Å²) in [5, 5.41) is 9.80. The van der Waals surface area contributed by atoms with Gasteiger partial charge >= 0.3 is 6.09 Å². The summed E-state index contributed by atoms with van der Waals surface area (Å²) in [6.45, 7) is 3.37. The molecule has 0 saturated carbocycles. The molecule has 0 bridgehead atoms. The van der Waals surface area contributed by atoms with Gasteiger partial charge in [-0.25, -0.2) is 17.6 Å². The Kier molecular flexibility index (Phi) is 8.06. The van der Waals surface area contributed by atoms with E-state index in [2.05, 4.69) is 9.88 Å². The summed E-state index contributed by atoms with van der Waals surface area (Å²) in [6, 6.07) is 20.2. The van der Waals surface area contributed by atoms with Gasteiger partial charge in [0.25, 0.3) is 15.9 Å². The molecule has 1 unspecified atom stereocenters. The smallest absolute Gasteiger partial charge is 0.411 e. The molecule has 3 heterocycles. The first kappa shape index (κ1) is 30.5. The number of anilines is 2. The molecule has 1 saturated heterocycles. The Balaban J connectivity index is 1.48. The Morgan fingerprint density at radius 1 is 0.978 bits per heavy atom. The highest BCUT2D eigenvalue weighted by atomic mass is 32.2. The fraction of sp³-hybridized carbons (Fsp3) is 0.212. The lowest BCUT2D eigenvalue weighted by Gasteiger charge is -2.38. The van der Waals surface area contributed by atoms with Crippen molar-refractivity contribution in [2.75, 3.05) is 42.0 Å². The van der Waals surface area contributed by atoms with Crippen molar-refractivity contribution in [3.63, 3.8) is 0 Å². The van der Waals surface area contributed by atoms with E-state index in [0.29, 0.717) is 17.4 Å². The predicted molar refractivity (Wildman–Crippen MR) is 165 cm³/mol. The van der Waals surface area contributed by atoms with Gasteiger partial charge in [0.15, 0.2) is 0 Å². The third kappa shape index (κ3) is 5.16. The van der Waals surface area contributed by atoms with E-state index in [0.717, 1.165) is 30.0 Å². The summed E-state index contributed by atoms with van der Waals surface area (Å²) >= 11 is 0. The maximum atomic E-state index is 14.8. The number of sulfonamides is 1. The van der Waals surface area contributed by atoms with Crippen molar-refractivity contribution in [1.82, 2.24) is 9.88 Å². The van der Waals surface area contributed by atoms with Gasteiger partial charge in [-0.3, -0.25) is 9.78 Å². The average molecular weight is 642 g/mol. The predicted octanol–water partition coefficient (Wildman–Crippen LogP) is 4.43. The average Bonchev–Trinajstić information content (AvgIpc) is 3.33.